The number of halogens is 1. The zero-order valence-corrected chi connectivity index (χ0v) is 20.0. The molecule has 1 aromatic heterocycles. The smallest absolute Gasteiger partial charge is 0.242 e. The standard InChI is InChI=1S/C24H26BrN5O2/c1-4-32-23-13-21-19(24(27-14-26-21)29-17-7-5-6-16(25)10-17)12-20(23)22-11-18(28-15(2)31)8-9-30(22)3/h5-7,10,12-14,22H,4,8-9,11H2,1-3H3,(H,26,27,29). The van der Waals surface area contributed by atoms with Gasteiger partial charge in [-0.3, -0.25) is 9.69 Å². The second-order valence-electron chi connectivity index (χ2n) is 7.85. The zero-order valence-electron chi connectivity index (χ0n) is 18.4. The van der Waals surface area contributed by atoms with Crippen LogP contribution in [0.25, 0.3) is 10.9 Å². The summed E-state index contributed by atoms with van der Waals surface area (Å²) in [6.07, 6.45) is 3.04. The Labute approximate surface area is 196 Å². The lowest BCUT2D eigenvalue weighted by Crippen LogP contribution is -2.34. The molecular formula is C24H26BrN5O2. The number of piperidine rings is 1. The third kappa shape index (κ3) is 4.97. The number of carbonyl (C=O) groups is 1. The second kappa shape index (κ2) is 9.75. The number of rotatable bonds is 5. The molecule has 1 fully saturated rings. The predicted octanol–water partition coefficient (Wildman–Crippen LogP) is 5.29. The van der Waals surface area contributed by atoms with E-state index in [9.17, 15) is 4.79 Å². The summed E-state index contributed by atoms with van der Waals surface area (Å²) in [5, 5.41) is 4.32. The largest absolute Gasteiger partial charge is 0.493 e. The van der Waals surface area contributed by atoms with Gasteiger partial charge in [0.1, 0.15) is 17.9 Å². The molecule has 32 heavy (non-hydrogen) atoms. The maximum atomic E-state index is 11.6. The van der Waals surface area contributed by atoms with Crippen molar-refractivity contribution in [1.82, 2.24) is 14.9 Å². The van der Waals surface area contributed by atoms with Crippen LogP contribution in [0.3, 0.4) is 0 Å². The molecule has 7 nitrogen and oxygen atoms in total. The predicted molar refractivity (Wildman–Crippen MR) is 131 cm³/mol. The van der Waals surface area contributed by atoms with Crippen LogP contribution in [0.2, 0.25) is 0 Å². The molecule has 0 aliphatic carbocycles. The fourth-order valence-electron chi connectivity index (χ4n) is 4.06. The summed E-state index contributed by atoms with van der Waals surface area (Å²) in [5.41, 5.74) is 3.71. The van der Waals surface area contributed by atoms with Gasteiger partial charge in [-0.1, -0.05) is 22.0 Å². The molecule has 2 aromatic carbocycles. The molecule has 1 saturated heterocycles. The SMILES string of the molecule is CCOc1cc2ncnc(Nc3cccc(Br)c3)c2cc1C1CC(=NC(C)=O)CCN1C. The molecule has 0 saturated carbocycles. The number of fused-ring (bicyclic) bond motifs is 1. The highest BCUT2D eigenvalue weighted by atomic mass is 79.9. The van der Waals surface area contributed by atoms with Crippen LogP contribution < -0.4 is 10.1 Å². The van der Waals surface area contributed by atoms with Crippen molar-refractivity contribution in [3.05, 3.63) is 52.8 Å². The van der Waals surface area contributed by atoms with E-state index in [1.807, 2.05) is 37.3 Å². The molecule has 4 rings (SSSR count). The van der Waals surface area contributed by atoms with E-state index in [1.54, 1.807) is 6.33 Å². The van der Waals surface area contributed by atoms with Crippen LogP contribution >= 0.6 is 15.9 Å². The van der Waals surface area contributed by atoms with Gasteiger partial charge in [-0.25, -0.2) is 15.0 Å². The highest BCUT2D eigenvalue weighted by Crippen LogP contribution is 2.38. The first-order chi connectivity index (χ1) is 15.4. The summed E-state index contributed by atoms with van der Waals surface area (Å²) in [6, 6.07) is 12.1. The van der Waals surface area contributed by atoms with Crippen LogP contribution in [0, 0.1) is 0 Å². The molecule has 0 radical (unpaired) electrons. The number of hydrogen-bond donors (Lipinski definition) is 1. The minimum atomic E-state index is -0.152. The molecule has 1 unspecified atom stereocenters. The number of carbonyl (C=O) groups excluding carboxylic acids is 1. The second-order valence-corrected chi connectivity index (χ2v) is 8.76. The van der Waals surface area contributed by atoms with Crippen LogP contribution in [0.15, 0.2) is 52.2 Å². The van der Waals surface area contributed by atoms with Gasteiger partial charge in [0.2, 0.25) is 5.91 Å². The Hall–Kier alpha value is -2.84. The van der Waals surface area contributed by atoms with Crippen LogP contribution in [-0.4, -0.2) is 46.7 Å². The number of nitrogens with one attached hydrogen (secondary N) is 1. The molecular weight excluding hydrogens is 470 g/mol. The van der Waals surface area contributed by atoms with Crippen molar-refractivity contribution in [2.24, 2.45) is 4.99 Å². The van der Waals surface area contributed by atoms with Gasteiger partial charge in [-0.15, -0.1) is 0 Å². The average Bonchev–Trinajstić information content (AvgIpc) is 2.75. The Kier molecular flexibility index (Phi) is 6.81. The van der Waals surface area contributed by atoms with Gasteiger partial charge < -0.3 is 10.1 Å². The topological polar surface area (TPSA) is 79.7 Å². The van der Waals surface area contributed by atoms with E-state index < -0.39 is 0 Å². The minimum absolute atomic E-state index is 0.0479. The minimum Gasteiger partial charge on any atom is -0.493 e. The molecule has 166 valence electrons. The van der Waals surface area contributed by atoms with E-state index in [0.29, 0.717) is 13.0 Å². The molecule has 0 bridgehead atoms. The molecule has 1 N–H and O–H groups in total. The number of ether oxygens (including phenoxy) is 1. The number of hydrogen-bond acceptors (Lipinski definition) is 6. The van der Waals surface area contributed by atoms with Gasteiger partial charge in [-0.2, -0.15) is 0 Å². The molecule has 3 aromatic rings. The Morgan fingerprint density at radius 2 is 2.16 bits per heavy atom. The van der Waals surface area contributed by atoms with Gasteiger partial charge in [-0.05, 0) is 44.7 Å². The van der Waals surface area contributed by atoms with E-state index >= 15 is 0 Å². The normalized spacial score (nSPS) is 18.1. The fraction of sp³-hybridized carbons (Fsp3) is 0.333. The summed E-state index contributed by atoms with van der Waals surface area (Å²) in [7, 11) is 2.09. The molecule has 2 heterocycles. The maximum Gasteiger partial charge on any atom is 0.242 e. The van der Waals surface area contributed by atoms with Crippen molar-refractivity contribution in [1.29, 1.82) is 0 Å². The summed E-state index contributed by atoms with van der Waals surface area (Å²) in [6.45, 7) is 4.85. The summed E-state index contributed by atoms with van der Waals surface area (Å²) >= 11 is 3.51. The number of amides is 1. The van der Waals surface area contributed by atoms with E-state index in [1.165, 1.54) is 6.92 Å². The zero-order chi connectivity index (χ0) is 22.7. The molecule has 0 spiro atoms. The third-order valence-corrected chi connectivity index (χ3v) is 6.04. The van der Waals surface area contributed by atoms with Gasteiger partial charge in [0, 0.05) is 58.8 Å². The van der Waals surface area contributed by atoms with E-state index in [0.717, 1.165) is 56.9 Å². The van der Waals surface area contributed by atoms with Crippen molar-refractivity contribution in [2.75, 3.05) is 25.5 Å². The number of nitrogens with zero attached hydrogens (tertiary/aromatic N) is 4. The Balaban J connectivity index is 1.80. The highest BCUT2D eigenvalue weighted by Gasteiger charge is 2.28. The Morgan fingerprint density at radius 3 is 2.91 bits per heavy atom. The number of likely N-dealkylation sites (tertiary alicyclic amines) is 1. The van der Waals surface area contributed by atoms with Crippen molar-refractivity contribution in [2.45, 2.75) is 32.7 Å². The van der Waals surface area contributed by atoms with Gasteiger partial charge in [0.05, 0.1) is 12.1 Å². The fourth-order valence-corrected chi connectivity index (χ4v) is 4.46. The van der Waals surface area contributed by atoms with Crippen LogP contribution in [-0.2, 0) is 4.79 Å². The lowest BCUT2D eigenvalue weighted by molar-refractivity contribution is -0.115. The summed E-state index contributed by atoms with van der Waals surface area (Å²) in [4.78, 5) is 27.1. The number of anilines is 2. The lowest BCUT2D eigenvalue weighted by atomic mass is 9.92. The van der Waals surface area contributed by atoms with E-state index in [4.69, 9.17) is 4.74 Å². The first-order valence-electron chi connectivity index (χ1n) is 10.7. The van der Waals surface area contributed by atoms with Crippen molar-refractivity contribution < 1.29 is 9.53 Å². The highest BCUT2D eigenvalue weighted by molar-refractivity contribution is 9.10. The number of aromatic nitrogens is 2. The van der Waals surface area contributed by atoms with Gasteiger partial charge >= 0.3 is 0 Å². The maximum absolute atomic E-state index is 11.6. The van der Waals surface area contributed by atoms with Gasteiger partial charge in [0.15, 0.2) is 0 Å². The van der Waals surface area contributed by atoms with Crippen LogP contribution in [0.5, 0.6) is 5.75 Å². The summed E-state index contributed by atoms with van der Waals surface area (Å²) in [5.74, 6) is 1.38. The first kappa shape index (κ1) is 22.4. The van der Waals surface area contributed by atoms with E-state index in [-0.39, 0.29) is 11.9 Å². The third-order valence-electron chi connectivity index (χ3n) is 5.54. The summed E-state index contributed by atoms with van der Waals surface area (Å²) < 4.78 is 7.00. The molecule has 1 aliphatic rings. The Morgan fingerprint density at radius 1 is 1.31 bits per heavy atom. The van der Waals surface area contributed by atoms with E-state index in [2.05, 4.69) is 54.2 Å². The quantitative estimate of drug-likeness (QED) is 0.517. The lowest BCUT2D eigenvalue weighted by Gasteiger charge is -2.34. The number of aliphatic imine (C=N–C) groups is 1. The molecule has 1 atom stereocenters. The molecule has 1 amide bonds. The van der Waals surface area contributed by atoms with Crippen molar-refractivity contribution in [3.8, 4) is 5.75 Å². The van der Waals surface area contributed by atoms with Crippen LogP contribution in [0.1, 0.15) is 38.3 Å². The Bertz CT molecular complexity index is 1180. The molecule has 8 heteroatoms. The van der Waals surface area contributed by atoms with Crippen LogP contribution in [0.4, 0.5) is 11.5 Å². The van der Waals surface area contributed by atoms with Crippen molar-refractivity contribution in [3.63, 3.8) is 0 Å². The first-order valence-corrected chi connectivity index (χ1v) is 11.4. The van der Waals surface area contributed by atoms with Crippen molar-refractivity contribution >= 4 is 50.0 Å². The van der Waals surface area contributed by atoms with Gasteiger partial charge in [0.25, 0.3) is 0 Å². The number of benzene rings is 2. The monoisotopic (exact) mass is 495 g/mol. The molecule has 1 aliphatic heterocycles. The average molecular weight is 496 g/mol.